The van der Waals surface area contributed by atoms with E-state index in [1.54, 1.807) is 23.9 Å². The zero-order valence-corrected chi connectivity index (χ0v) is 6.99. The average Bonchev–Trinajstić information content (AvgIpc) is 2.59. The number of hydrogen-bond donors (Lipinski definition) is 1. The largest absolute Gasteiger partial charge is 0.239 e. The number of nitrogens with one attached hydrogen (secondary N) is 1. The van der Waals surface area contributed by atoms with E-state index >= 15 is 0 Å². The molecule has 0 aliphatic carbocycles. The molecular weight excluding hydrogens is 164 g/mol. The van der Waals surface area contributed by atoms with Gasteiger partial charge in [0.05, 0.1) is 6.17 Å². The third kappa shape index (κ3) is 1.25. The van der Waals surface area contributed by atoms with E-state index in [2.05, 4.69) is 32.0 Å². The Morgan fingerprint density at radius 3 is 3.10 bits per heavy atom. The third-order valence-corrected chi connectivity index (χ3v) is 3.04. The van der Waals surface area contributed by atoms with Crippen molar-refractivity contribution in [1.29, 1.82) is 0 Å². The summed E-state index contributed by atoms with van der Waals surface area (Å²) in [6, 6.07) is 0. The summed E-state index contributed by atoms with van der Waals surface area (Å²) in [5.74, 6) is 0. The standard InChI is InChI=1S/C6H8N2S2/c1-3-8(10-4-1)6-2-5-9-7-6/h1-2,4-7H,3H2. The highest BCUT2D eigenvalue weighted by Crippen LogP contribution is 2.24. The molecule has 10 heavy (non-hydrogen) atoms. The maximum atomic E-state index is 3.27. The van der Waals surface area contributed by atoms with Crippen LogP contribution in [0.5, 0.6) is 0 Å². The van der Waals surface area contributed by atoms with Crippen molar-refractivity contribution in [2.45, 2.75) is 6.17 Å². The first kappa shape index (κ1) is 6.79. The van der Waals surface area contributed by atoms with Crippen molar-refractivity contribution in [3.63, 3.8) is 0 Å². The van der Waals surface area contributed by atoms with Gasteiger partial charge in [-0.3, -0.25) is 0 Å². The highest BCUT2D eigenvalue weighted by Gasteiger charge is 2.19. The Hall–Kier alpha value is 0.1000. The molecule has 1 atom stereocenters. The van der Waals surface area contributed by atoms with Gasteiger partial charge in [0.1, 0.15) is 0 Å². The molecule has 0 aromatic rings. The van der Waals surface area contributed by atoms with Gasteiger partial charge in [-0.15, -0.1) is 0 Å². The van der Waals surface area contributed by atoms with Crippen LogP contribution in [0.2, 0.25) is 0 Å². The maximum Gasteiger partial charge on any atom is 0.0992 e. The van der Waals surface area contributed by atoms with Crippen LogP contribution in [0.15, 0.2) is 23.0 Å². The Kier molecular flexibility index (Phi) is 2.04. The van der Waals surface area contributed by atoms with Crippen molar-refractivity contribution in [2.75, 3.05) is 6.54 Å². The third-order valence-electron chi connectivity index (χ3n) is 1.41. The Labute approximate surface area is 69.0 Å². The molecule has 0 saturated heterocycles. The molecule has 0 aromatic heterocycles. The lowest BCUT2D eigenvalue weighted by molar-refractivity contribution is 0.443. The average molecular weight is 172 g/mol. The van der Waals surface area contributed by atoms with Crippen LogP contribution < -0.4 is 4.72 Å². The van der Waals surface area contributed by atoms with Crippen LogP contribution in [0, 0.1) is 0 Å². The second-order valence-corrected chi connectivity index (χ2v) is 3.78. The van der Waals surface area contributed by atoms with E-state index in [0.29, 0.717) is 6.17 Å². The molecule has 4 heteroatoms. The van der Waals surface area contributed by atoms with E-state index < -0.39 is 0 Å². The van der Waals surface area contributed by atoms with E-state index in [1.807, 2.05) is 0 Å². The molecule has 0 spiro atoms. The summed E-state index contributed by atoms with van der Waals surface area (Å²) in [5, 5.41) is 4.21. The highest BCUT2D eigenvalue weighted by atomic mass is 32.2. The molecule has 0 radical (unpaired) electrons. The zero-order chi connectivity index (χ0) is 6.81. The van der Waals surface area contributed by atoms with Crippen LogP contribution in [0.25, 0.3) is 0 Å². The number of hydrogen-bond acceptors (Lipinski definition) is 4. The van der Waals surface area contributed by atoms with Gasteiger partial charge >= 0.3 is 0 Å². The Morgan fingerprint density at radius 2 is 2.50 bits per heavy atom. The van der Waals surface area contributed by atoms with Gasteiger partial charge in [0.25, 0.3) is 0 Å². The lowest BCUT2D eigenvalue weighted by Gasteiger charge is -2.19. The fourth-order valence-electron chi connectivity index (χ4n) is 0.907. The van der Waals surface area contributed by atoms with Crippen LogP contribution in [-0.2, 0) is 0 Å². The molecule has 2 nitrogen and oxygen atoms in total. The van der Waals surface area contributed by atoms with E-state index in [4.69, 9.17) is 0 Å². The Balaban J connectivity index is 1.93. The molecule has 2 aliphatic heterocycles. The fraction of sp³-hybridized carbons (Fsp3) is 0.333. The summed E-state index contributed by atoms with van der Waals surface area (Å²) in [6.07, 6.45) is 4.76. The number of rotatable bonds is 1. The summed E-state index contributed by atoms with van der Waals surface area (Å²) in [4.78, 5) is 0. The van der Waals surface area contributed by atoms with Gasteiger partial charge in [0.15, 0.2) is 0 Å². The van der Waals surface area contributed by atoms with Crippen LogP contribution in [0.1, 0.15) is 0 Å². The Bertz CT molecular complexity index is 171. The lowest BCUT2D eigenvalue weighted by atomic mass is 10.5. The molecule has 1 N–H and O–H groups in total. The quantitative estimate of drug-likeness (QED) is 0.603. The molecule has 1 unspecified atom stereocenters. The van der Waals surface area contributed by atoms with Gasteiger partial charge in [-0.25, -0.2) is 9.03 Å². The minimum absolute atomic E-state index is 0.421. The molecule has 0 bridgehead atoms. The minimum Gasteiger partial charge on any atom is -0.239 e. The first-order chi connectivity index (χ1) is 4.97. The van der Waals surface area contributed by atoms with Gasteiger partial charge in [0.2, 0.25) is 0 Å². The van der Waals surface area contributed by atoms with Crippen molar-refractivity contribution in [1.82, 2.24) is 9.03 Å². The van der Waals surface area contributed by atoms with E-state index in [1.165, 1.54) is 0 Å². The molecule has 2 heterocycles. The Morgan fingerprint density at radius 1 is 1.50 bits per heavy atom. The summed E-state index contributed by atoms with van der Waals surface area (Å²) in [5.41, 5.74) is 0. The predicted molar refractivity (Wildman–Crippen MR) is 47.1 cm³/mol. The highest BCUT2D eigenvalue weighted by molar-refractivity contribution is 8.01. The van der Waals surface area contributed by atoms with Crippen molar-refractivity contribution in [2.24, 2.45) is 0 Å². The SMILES string of the molecule is C1=CSN(C2C=CSN2)C1. The number of nitrogens with zero attached hydrogens (tertiary/aromatic N) is 1. The molecule has 2 rings (SSSR count). The van der Waals surface area contributed by atoms with E-state index in [9.17, 15) is 0 Å². The zero-order valence-electron chi connectivity index (χ0n) is 5.36. The lowest BCUT2D eigenvalue weighted by Crippen LogP contribution is -2.32. The molecule has 0 fully saturated rings. The first-order valence-corrected chi connectivity index (χ1v) is 4.85. The molecule has 2 aliphatic rings. The first-order valence-electron chi connectivity index (χ1n) is 3.13. The maximum absolute atomic E-state index is 3.27. The van der Waals surface area contributed by atoms with Gasteiger partial charge in [-0.05, 0) is 28.8 Å². The van der Waals surface area contributed by atoms with Crippen molar-refractivity contribution < 1.29 is 0 Å². The van der Waals surface area contributed by atoms with Gasteiger partial charge in [0, 0.05) is 6.54 Å². The van der Waals surface area contributed by atoms with Crippen molar-refractivity contribution >= 4 is 23.9 Å². The smallest absolute Gasteiger partial charge is 0.0992 e. The fourth-order valence-corrected chi connectivity index (χ4v) is 2.38. The van der Waals surface area contributed by atoms with Gasteiger partial charge in [-0.1, -0.05) is 18.0 Å². The normalized spacial score (nSPS) is 32.2. The van der Waals surface area contributed by atoms with Gasteiger partial charge < -0.3 is 0 Å². The molecular formula is C6H8N2S2. The van der Waals surface area contributed by atoms with E-state index in [0.717, 1.165) is 6.54 Å². The van der Waals surface area contributed by atoms with Crippen LogP contribution in [0.4, 0.5) is 0 Å². The van der Waals surface area contributed by atoms with Gasteiger partial charge in [-0.2, -0.15) is 0 Å². The second kappa shape index (κ2) is 3.00. The minimum atomic E-state index is 0.421. The molecule has 54 valence electrons. The van der Waals surface area contributed by atoms with E-state index in [-0.39, 0.29) is 0 Å². The second-order valence-electron chi connectivity index (χ2n) is 2.09. The summed E-state index contributed by atoms with van der Waals surface area (Å²) in [6.45, 7) is 1.05. The summed E-state index contributed by atoms with van der Waals surface area (Å²) < 4.78 is 5.56. The molecule has 0 aromatic carbocycles. The topological polar surface area (TPSA) is 15.3 Å². The predicted octanol–water partition coefficient (Wildman–Crippen LogP) is 1.56. The van der Waals surface area contributed by atoms with Crippen LogP contribution in [0.3, 0.4) is 0 Å². The van der Waals surface area contributed by atoms with Crippen LogP contribution >= 0.6 is 23.9 Å². The van der Waals surface area contributed by atoms with Crippen molar-refractivity contribution in [3.05, 3.63) is 23.0 Å². The van der Waals surface area contributed by atoms with Crippen molar-refractivity contribution in [3.8, 4) is 0 Å². The van der Waals surface area contributed by atoms with Crippen LogP contribution in [-0.4, -0.2) is 17.0 Å². The summed E-state index contributed by atoms with van der Waals surface area (Å²) in [7, 11) is 0. The summed E-state index contributed by atoms with van der Waals surface area (Å²) >= 11 is 3.42. The molecule has 0 saturated carbocycles. The molecule has 0 amide bonds. The monoisotopic (exact) mass is 172 g/mol.